The van der Waals surface area contributed by atoms with Gasteiger partial charge in [0.15, 0.2) is 0 Å². The second-order valence-electron chi connectivity index (χ2n) is 3.56. The molecular formula is C11H17BrN2O3S. The predicted molar refractivity (Wildman–Crippen MR) is 74.2 cm³/mol. The van der Waals surface area contributed by atoms with E-state index in [0.29, 0.717) is 36.3 Å². The minimum atomic E-state index is -3.57. The highest BCUT2D eigenvalue weighted by molar-refractivity contribution is 9.10. The summed E-state index contributed by atoms with van der Waals surface area (Å²) in [5.41, 5.74) is 5.33. The van der Waals surface area contributed by atoms with Crippen LogP contribution in [0.4, 0.5) is 0 Å². The first-order chi connectivity index (χ1) is 8.51. The van der Waals surface area contributed by atoms with Gasteiger partial charge in [-0.25, -0.2) is 13.1 Å². The van der Waals surface area contributed by atoms with Gasteiger partial charge in [0.05, 0.1) is 6.61 Å². The van der Waals surface area contributed by atoms with Crippen LogP contribution in [0.2, 0.25) is 0 Å². The van der Waals surface area contributed by atoms with Crippen molar-refractivity contribution in [3.63, 3.8) is 0 Å². The molecular weight excluding hydrogens is 320 g/mol. The third-order valence-electron chi connectivity index (χ3n) is 2.17. The summed E-state index contributed by atoms with van der Waals surface area (Å²) in [5, 5.41) is 0. The molecule has 0 amide bonds. The van der Waals surface area contributed by atoms with E-state index in [1.54, 1.807) is 19.1 Å². The van der Waals surface area contributed by atoms with Gasteiger partial charge in [-0.15, -0.1) is 0 Å². The van der Waals surface area contributed by atoms with E-state index >= 15 is 0 Å². The van der Waals surface area contributed by atoms with Gasteiger partial charge in [-0.3, -0.25) is 0 Å². The quantitative estimate of drug-likeness (QED) is 0.739. The molecule has 0 bridgehead atoms. The Morgan fingerprint density at radius 2 is 2.17 bits per heavy atom. The normalized spacial score (nSPS) is 11.5. The Morgan fingerprint density at radius 3 is 2.78 bits per heavy atom. The number of halogens is 1. The molecule has 0 atom stereocenters. The van der Waals surface area contributed by atoms with Gasteiger partial charge < -0.3 is 10.5 Å². The van der Waals surface area contributed by atoms with Crippen molar-refractivity contribution in [3.8, 4) is 5.75 Å². The monoisotopic (exact) mass is 336 g/mol. The molecule has 0 heterocycles. The van der Waals surface area contributed by atoms with Crippen LogP contribution in [0.25, 0.3) is 0 Å². The number of sulfonamides is 1. The minimum absolute atomic E-state index is 0.135. The van der Waals surface area contributed by atoms with Crippen LogP contribution in [0.5, 0.6) is 5.75 Å². The molecule has 1 aromatic rings. The van der Waals surface area contributed by atoms with Crippen LogP contribution in [-0.4, -0.2) is 28.1 Å². The summed E-state index contributed by atoms with van der Waals surface area (Å²) in [6.45, 7) is 2.98. The summed E-state index contributed by atoms with van der Waals surface area (Å²) in [6, 6.07) is 4.89. The first-order valence-corrected chi connectivity index (χ1v) is 7.91. The Labute approximate surface area is 116 Å². The van der Waals surface area contributed by atoms with E-state index in [0.717, 1.165) is 0 Å². The van der Waals surface area contributed by atoms with Gasteiger partial charge in [0.1, 0.15) is 10.6 Å². The predicted octanol–water partition coefficient (Wildman–Crippen LogP) is 1.47. The van der Waals surface area contributed by atoms with Gasteiger partial charge in [-0.2, -0.15) is 0 Å². The lowest BCUT2D eigenvalue weighted by Crippen LogP contribution is -2.26. The highest BCUT2D eigenvalue weighted by Gasteiger charge is 2.19. The third-order valence-corrected chi connectivity index (χ3v) is 4.14. The SMILES string of the molecule is CCOc1ccc(Br)cc1S(=O)(=O)NCCCN. The van der Waals surface area contributed by atoms with Crippen molar-refractivity contribution in [3.05, 3.63) is 22.7 Å². The second kappa shape index (κ2) is 7.08. The van der Waals surface area contributed by atoms with Crippen LogP contribution in [0.15, 0.2) is 27.6 Å². The summed E-state index contributed by atoms with van der Waals surface area (Å²) in [6.07, 6.45) is 0.594. The van der Waals surface area contributed by atoms with Gasteiger partial charge in [0.25, 0.3) is 0 Å². The molecule has 0 aliphatic heterocycles. The molecule has 0 saturated heterocycles. The summed E-state index contributed by atoms with van der Waals surface area (Å²) in [5.74, 6) is 0.348. The summed E-state index contributed by atoms with van der Waals surface area (Å²) in [7, 11) is -3.57. The largest absolute Gasteiger partial charge is 0.492 e. The average molecular weight is 337 g/mol. The minimum Gasteiger partial charge on any atom is -0.492 e. The van der Waals surface area contributed by atoms with E-state index in [1.165, 1.54) is 6.07 Å². The molecule has 1 aromatic carbocycles. The van der Waals surface area contributed by atoms with Crippen molar-refractivity contribution in [2.75, 3.05) is 19.7 Å². The van der Waals surface area contributed by atoms with Crippen LogP contribution in [-0.2, 0) is 10.0 Å². The molecule has 0 aromatic heterocycles. The van der Waals surface area contributed by atoms with E-state index in [4.69, 9.17) is 10.5 Å². The Hall–Kier alpha value is -0.630. The molecule has 0 fully saturated rings. The Balaban J connectivity index is 3.01. The zero-order valence-corrected chi connectivity index (χ0v) is 12.6. The van der Waals surface area contributed by atoms with E-state index in [1.807, 2.05) is 0 Å². The average Bonchev–Trinajstić information content (AvgIpc) is 2.32. The standard InChI is InChI=1S/C11H17BrN2O3S/c1-2-17-10-5-4-9(12)8-11(10)18(15,16)14-7-3-6-13/h4-5,8,14H,2-3,6-7,13H2,1H3. The maximum atomic E-state index is 12.1. The van der Waals surface area contributed by atoms with Crippen LogP contribution in [0.3, 0.4) is 0 Å². The van der Waals surface area contributed by atoms with Crippen molar-refractivity contribution >= 4 is 26.0 Å². The smallest absolute Gasteiger partial charge is 0.244 e. The van der Waals surface area contributed by atoms with Crippen LogP contribution in [0.1, 0.15) is 13.3 Å². The van der Waals surface area contributed by atoms with E-state index in [2.05, 4.69) is 20.7 Å². The number of hydrogen-bond acceptors (Lipinski definition) is 4. The zero-order valence-electron chi connectivity index (χ0n) is 10.1. The maximum Gasteiger partial charge on any atom is 0.244 e. The zero-order chi connectivity index (χ0) is 13.6. The molecule has 7 heteroatoms. The molecule has 0 aliphatic carbocycles. The Kier molecular flexibility index (Phi) is 6.07. The molecule has 5 nitrogen and oxygen atoms in total. The third kappa shape index (κ3) is 4.24. The molecule has 0 aliphatic rings. The molecule has 0 radical (unpaired) electrons. The van der Waals surface area contributed by atoms with E-state index < -0.39 is 10.0 Å². The van der Waals surface area contributed by atoms with E-state index in [-0.39, 0.29) is 4.90 Å². The van der Waals surface area contributed by atoms with Crippen molar-refractivity contribution < 1.29 is 13.2 Å². The molecule has 0 spiro atoms. The van der Waals surface area contributed by atoms with Gasteiger partial charge in [-0.05, 0) is 38.1 Å². The molecule has 3 N–H and O–H groups in total. The number of benzene rings is 1. The summed E-state index contributed by atoms with van der Waals surface area (Å²) in [4.78, 5) is 0.135. The highest BCUT2D eigenvalue weighted by Crippen LogP contribution is 2.27. The lowest BCUT2D eigenvalue weighted by molar-refractivity contribution is 0.331. The number of nitrogens with one attached hydrogen (secondary N) is 1. The first-order valence-electron chi connectivity index (χ1n) is 5.63. The fourth-order valence-corrected chi connectivity index (χ4v) is 3.11. The molecule has 1 rings (SSSR count). The summed E-state index contributed by atoms with van der Waals surface area (Å²) < 4.78 is 32.7. The van der Waals surface area contributed by atoms with Crippen LogP contribution >= 0.6 is 15.9 Å². The molecule has 0 saturated carbocycles. The maximum absolute atomic E-state index is 12.1. The lowest BCUT2D eigenvalue weighted by atomic mass is 10.3. The van der Waals surface area contributed by atoms with Gasteiger partial charge >= 0.3 is 0 Å². The molecule has 102 valence electrons. The fourth-order valence-electron chi connectivity index (χ4n) is 1.35. The number of nitrogens with two attached hydrogens (primary N) is 1. The van der Waals surface area contributed by atoms with E-state index in [9.17, 15) is 8.42 Å². The number of ether oxygens (including phenoxy) is 1. The fraction of sp³-hybridized carbons (Fsp3) is 0.455. The van der Waals surface area contributed by atoms with Crippen LogP contribution < -0.4 is 15.2 Å². The second-order valence-corrected chi connectivity index (χ2v) is 6.22. The van der Waals surface area contributed by atoms with Crippen molar-refractivity contribution in [2.45, 2.75) is 18.2 Å². The Bertz CT molecular complexity index is 491. The topological polar surface area (TPSA) is 81.4 Å². The van der Waals surface area contributed by atoms with Gasteiger partial charge in [0, 0.05) is 11.0 Å². The van der Waals surface area contributed by atoms with Crippen molar-refractivity contribution in [1.29, 1.82) is 0 Å². The van der Waals surface area contributed by atoms with Crippen LogP contribution in [0, 0.1) is 0 Å². The Morgan fingerprint density at radius 1 is 1.44 bits per heavy atom. The summed E-state index contributed by atoms with van der Waals surface area (Å²) >= 11 is 3.25. The van der Waals surface area contributed by atoms with Gasteiger partial charge in [-0.1, -0.05) is 15.9 Å². The molecule has 18 heavy (non-hydrogen) atoms. The lowest BCUT2D eigenvalue weighted by Gasteiger charge is -2.12. The highest BCUT2D eigenvalue weighted by atomic mass is 79.9. The number of rotatable bonds is 7. The van der Waals surface area contributed by atoms with Crippen molar-refractivity contribution in [1.82, 2.24) is 4.72 Å². The first kappa shape index (κ1) is 15.4. The number of hydrogen-bond donors (Lipinski definition) is 2. The molecule has 0 unspecified atom stereocenters. The van der Waals surface area contributed by atoms with Crippen molar-refractivity contribution in [2.24, 2.45) is 5.73 Å². The van der Waals surface area contributed by atoms with Gasteiger partial charge in [0.2, 0.25) is 10.0 Å².